The molecule has 4 nitrogen and oxygen atoms in total. The number of aryl methyl sites for hydroxylation is 1. The molecule has 0 saturated heterocycles. The van der Waals surface area contributed by atoms with E-state index in [1.807, 2.05) is 0 Å². The Morgan fingerprint density at radius 3 is 2.44 bits per heavy atom. The zero-order valence-electron chi connectivity index (χ0n) is 14.3. The number of nitrogens with one attached hydrogen (secondary N) is 4. The first kappa shape index (κ1) is 14.2. The third-order valence-electron chi connectivity index (χ3n) is 4.89. The summed E-state index contributed by atoms with van der Waals surface area (Å²) in [5.74, 6) is 0.350. The molecule has 3 aromatic heterocycles. The molecule has 3 aromatic rings. The van der Waals surface area contributed by atoms with E-state index >= 15 is 0 Å². The standard InChI is InChI=1S/C21H20N4/c1-12-8-20-21-13(2)7-18(24-21)10-16-4-3-14(22-16)9-15-5-6-17(23-15)11-19(12)25-20/h3-11,13,22-25H,1-2H3. The number of aromatic nitrogens is 3. The van der Waals surface area contributed by atoms with E-state index in [1.54, 1.807) is 0 Å². The van der Waals surface area contributed by atoms with Gasteiger partial charge in [-0.1, -0.05) is 13.0 Å². The largest absolute Gasteiger partial charge is 0.357 e. The average Bonchev–Trinajstić information content (AvgIpc) is 3.32. The molecule has 4 heteroatoms. The van der Waals surface area contributed by atoms with Crippen molar-refractivity contribution in [2.75, 3.05) is 0 Å². The number of rotatable bonds is 0. The zero-order valence-corrected chi connectivity index (χ0v) is 14.3. The monoisotopic (exact) mass is 328 g/mol. The minimum absolute atomic E-state index is 0.350. The van der Waals surface area contributed by atoms with Gasteiger partial charge in [0, 0.05) is 44.7 Å². The quantitative estimate of drug-likeness (QED) is 0.481. The summed E-state index contributed by atoms with van der Waals surface area (Å²) in [6, 6.07) is 10.6. The lowest BCUT2D eigenvalue weighted by Gasteiger charge is -2.04. The van der Waals surface area contributed by atoms with Gasteiger partial charge >= 0.3 is 0 Å². The van der Waals surface area contributed by atoms with Crippen molar-refractivity contribution in [2.45, 2.75) is 13.8 Å². The molecule has 4 N–H and O–H groups in total. The van der Waals surface area contributed by atoms with Gasteiger partial charge in [-0.15, -0.1) is 0 Å². The fourth-order valence-corrected chi connectivity index (χ4v) is 3.62. The molecule has 0 spiro atoms. The molecule has 124 valence electrons. The second kappa shape index (κ2) is 5.18. The van der Waals surface area contributed by atoms with E-state index in [-0.39, 0.29) is 0 Å². The van der Waals surface area contributed by atoms with E-state index in [4.69, 9.17) is 0 Å². The van der Waals surface area contributed by atoms with Crippen molar-refractivity contribution in [3.05, 3.63) is 80.5 Å². The van der Waals surface area contributed by atoms with Gasteiger partial charge in [-0.25, -0.2) is 0 Å². The van der Waals surface area contributed by atoms with Gasteiger partial charge in [0.05, 0.1) is 5.35 Å². The van der Waals surface area contributed by atoms with Gasteiger partial charge in [-0.3, -0.25) is 0 Å². The Morgan fingerprint density at radius 1 is 0.840 bits per heavy atom. The van der Waals surface area contributed by atoms with Crippen LogP contribution in [-0.4, -0.2) is 15.0 Å². The molecule has 0 saturated carbocycles. The highest BCUT2D eigenvalue weighted by atomic mass is 14.9. The first-order valence-electron chi connectivity index (χ1n) is 8.62. The molecule has 2 aliphatic heterocycles. The van der Waals surface area contributed by atoms with E-state index in [0.29, 0.717) is 5.92 Å². The normalized spacial score (nSPS) is 18.2. The lowest BCUT2D eigenvalue weighted by Crippen LogP contribution is -2.21. The minimum Gasteiger partial charge on any atom is -0.357 e. The Labute approximate surface area is 145 Å². The van der Waals surface area contributed by atoms with Gasteiger partial charge in [0.1, 0.15) is 0 Å². The topological polar surface area (TPSA) is 59.4 Å². The third-order valence-corrected chi connectivity index (χ3v) is 4.89. The Bertz CT molecular complexity index is 1240. The Kier molecular flexibility index (Phi) is 2.95. The van der Waals surface area contributed by atoms with Gasteiger partial charge in [0.2, 0.25) is 0 Å². The summed E-state index contributed by atoms with van der Waals surface area (Å²) in [5, 5.41) is 8.04. The zero-order chi connectivity index (χ0) is 17.0. The van der Waals surface area contributed by atoms with Crippen molar-refractivity contribution in [3.63, 3.8) is 0 Å². The summed E-state index contributed by atoms with van der Waals surface area (Å²) in [4.78, 5) is 10.5. The summed E-state index contributed by atoms with van der Waals surface area (Å²) in [7, 11) is 0. The van der Waals surface area contributed by atoms with Crippen molar-refractivity contribution in [2.24, 2.45) is 5.92 Å². The van der Waals surface area contributed by atoms with Gasteiger partial charge in [0.15, 0.2) is 0 Å². The van der Waals surface area contributed by atoms with Crippen LogP contribution in [0.3, 0.4) is 0 Å². The molecule has 0 aliphatic carbocycles. The number of allylic oxidation sites excluding steroid dienone is 1. The molecule has 1 atom stereocenters. The summed E-state index contributed by atoms with van der Waals surface area (Å²) in [6.07, 6.45) is 8.71. The molecule has 8 bridgehead atoms. The van der Waals surface area contributed by atoms with Crippen LogP contribution in [0.5, 0.6) is 0 Å². The fourth-order valence-electron chi connectivity index (χ4n) is 3.62. The van der Waals surface area contributed by atoms with Crippen molar-refractivity contribution in [1.82, 2.24) is 20.3 Å². The predicted octanol–water partition coefficient (Wildman–Crippen LogP) is 0.662. The number of hydrogen-bond acceptors (Lipinski definition) is 1. The van der Waals surface area contributed by atoms with Crippen LogP contribution in [0, 0.1) is 12.8 Å². The van der Waals surface area contributed by atoms with E-state index in [1.165, 1.54) is 11.3 Å². The highest BCUT2D eigenvalue weighted by Gasteiger charge is 2.17. The van der Waals surface area contributed by atoms with Crippen molar-refractivity contribution >= 4 is 23.9 Å². The summed E-state index contributed by atoms with van der Waals surface area (Å²) >= 11 is 0. The lowest BCUT2D eigenvalue weighted by atomic mass is 10.1. The van der Waals surface area contributed by atoms with E-state index in [0.717, 1.165) is 38.5 Å². The fraction of sp³-hybridized carbons (Fsp3) is 0.143. The molecule has 0 aromatic carbocycles. The molecule has 25 heavy (non-hydrogen) atoms. The first-order valence-corrected chi connectivity index (χ1v) is 8.62. The molecule has 1 unspecified atom stereocenters. The molecule has 5 heterocycles. The van der Waals surface area contributed by atoms with Crippen molar-refractivity contribution in [3.8, 4) is 0 Å². The Balaban J connectivity index is 1.83. The highest BCUT2D eigenvalue weighted by Crippen LogP contribution is 2.20. The van der Waals surface area contributed by atoms with E-state index < -0.39 is 0 Å². The second-order valence-corrected chi connectivity index (χ2v) is 6.90. The van der Waals surface area contributed by atoms with Crippen LogP contribution in [0.1, 0.15) is 23.9 Å². The number of aromatic amines is 3. The smallest absolute Gasteiger partial charge is 0.0590 e. The predicted molar refractivity (Wildman–Crippen MR) is 101 cm³/mol. The van der Waals surface area contributed by atoms with Gasteiger partial charge < -0.3 is 20.3 Å². The van der Waals surface area contributed by atoms with E-state index in [2.05, 4.69) is 88.8 Å². The maximum Gasteiger partial charge on any atom is 0.0590 e. The van der Waals surface area contributed by atoms with Gasteiger partial charge in [0.25, 0.3) is 0 Å². The maximum absolute atomic E-state index is 3.57. The van der Waals surface area contributed by atoms with Crippen LogP contribution >= 0.6 is 0 Å². The molecule has 0 fully saturated rings. The van der Waals surface area contributed by atoms with Crippen LogP contribution in [0.15, 0.2) is 42.1 Å². The molecule has 2 aliphatic rings. The van der Waals surface area contributed by atoms with Crippen LogP contribution in [0.25, 0.3) is 23.9 Å². The Morgan fingerprint density at radius 2 is 1.60 bits per heavy atom. The van der Waals surface area contributed by atoms with Crippen LogP contribution in [0.2, 0.25) is 0 Å². The molecular formula is C21H20N4. The minimum atomic E-state index is 0.350. The summed E-state index contributed by atoms with van der Waals surface area (Å²) in [6.45, 7) is 4.36. The van der Waals surface area contributed by atoms with Crippen molar-refractivity contribution < 1.29 is 0 Å². The third kappa shape index (κ3) is 2.47. The van der Waals surface area contributed by atoms with Crippen LogP contribution < -0.4 is 26.7 Å². The van der Waals surface area contributed by atoms with Gasteiger partial charge in [-0.05, 0) is 61.0 Å². The average molecular weight is 328 g/mol. The number of hydrogen-bond donors (Lipinski definition) is 4. The van der Waals surface area contributed by atoms with Crippen LogP contribution in [-0.2, 0) is 0 Å². The summed E-state index contributed by atoms with van der Waals surface area (Å²) in [5.41, 5.74) is 5.76. The molecule has 0 amide bonds. The number of fused-ring (bicyclic) bond motifs is 8. The lowest BCUT2D eigenvalue weighted by molar-refractivity contribution is 0.934. The first-order chi connectivity index (χ1) is 12.1. The van der Waals surface area contributed by atoms with E-state index in [9.17, 15) is 0 Å². The number of H-pyrrole nitrogens is 3. The molecule has 5 rings (SSSR count). The molecular weight excluding hydrogens is 308 g/mol. The van der Waals surface area contributed by atoms with Gasteiger partial charge in [-0.2, -0.15) is 0 Å². The maximum atomic E-state index is 3.57. The Hall–Kier alpha value is -3.14. The van der Waals surface area contributed by atoms with Crippen molar-refractivity contribution in [1.29, 1.82) is 0 Å². The summed E-state index contributed by atoms with van der Waals surface area (Å²) < 4.78 is 0. The molecule has 0 radical (unpaired) electrons. The second-order valence-electron chi connectivity index (χ2n) is 6.90. The highest BCUT2D eigenvalue weighted by molar-refractivity contribution is 5.63. The SMILES string of the molecule is Cc1cc2[nH]c1=Cc1ccc([nH]1)C=c1ccc([nH]1)=CC1=CC(C)C=2N1. The van der Waals surface area contributed by atoms with Crippen LogP contribution in [0.4, 0.5) is 0 Å².